The molecule has 3 aromatic rings. The van der Waals surface area contributed by atoms with E-state index in [1.165, 1.54) is 11.3 Å². The van der Waals surface area contributed by atoms with Crippen LogP contribution in [-0.2, 0) is 19.4 Å². The number of aryl methyl sites for hydroxylation is 1. The van der Waals surface area contributed by atoms with E-state index >= 15 is 0 Å². The number of benzene rings is 1. The highest BCUT2D eigenvalue weighted by atomic mass is 16.5. The van der Waals surface area contributed by atoms with Gasteiger partial charge in [0.1, 0.15) is 30.3 Å². The van der Waals surface area contributed by atoms with E-state index in [0.717, 1.165) is 77.6 Å². The Kier molecular flexibility index (Phi) is 5.76. The van der Waals surface area contributed by atoms with Gasteiger partial charge in [-0.05, 0) is 60.9 Å². The molecule has 0 unspecified atom stereocenters. The van der Waals surface area contributed by atoms with Crippen LogP contribution >= 0.6 is 0 Å². The maximum absolute atomic E-state index is 6.15. The minimum Gasteiger partial charge on any atom is -0.491 e. The second-order valence-corrected chi connectivity index (χ2v) is 10.2. The van der Waals surface area contributed by atoms with Gasteiger partial charge >= 0.3 is 0 Å². The molecular weight excluding hydrogens is 422 g/mol. The number of fused-ring (bicyclic) bond motifs is 2. The normalized spacial score (nSPS) is 16.6. The highest BCUT2D eigenvalue weighted by Crippen LogP contribution is 2.39. The first kappa shape index (κ1) is 22.4. The van der Waals surface area contributed by atoms with E-state index in [9.17, 15) is 0 Å². The van der Waals surface area contributed by atoms with Crippen LogP contribution in [0.2, 0.25) is 0 Å². The van der Waals surface area contributed by atoms with E-state index in [1.807, 2.05) is 20.2 Å². The average molecular weight is 456 g/mol. The summed E-state index contributed by atoms with van der Waals surface area (Å²) < 4.78 is 6.15. The van der Waals surface area contributed by atoms with Crippen LogP contribution in [0.15, 0.2) is 43.4 Å². The maximum atomic E-state index is 6.15. The number of allylic oxidation sites excluding steroid dienone is 1. The zero-order chi connectivity index (χ0) is 23.9. The summed E-state index contributed by atoms with van der Waals surface area (Å²) in [5.74, 6) is 2.84. The Bertz CT molecular complexity index is 1250. The first-order valence-electron chi connectivity index (χ1n) is 12.0. The SMILES string of the molecule is C=C(C)c1cc(-c2ccc3c(c2)CN(c2ncnc4c2CC(C)(C)CC4)CCO3)cnc1NC. The molecule has 5 rings (SSSR count). The Morgan fingerprint density at radius 2 is 2.00 bits per heavy atom. The largest absolute Gasteiger partial charge is 0.491 e. The summed E-state index contributed by atoms with van der Waals surface area (Å²) >= 11 is 0. The Labute approximate surface area is 202 Å². The van der Waals surface area contributed by atoms with Crippen molar-refractivity contribution < 1.29 is 4.74 Å². The average Bonchev–Trinajstić information content (AvgIpc) is 3.04. The zero-order valence-electron chi connectivity index (χ0n) is 20.6. The van der Waals surface area contributed by atoms with E-state index in [1.54, 1.807) is 6.33 Å². The summed E-state index contributed by atoms with van der Waals surface area (Å²) in [5, 5.41) is 3.16. The molecule has 0 atom stereocenters. The minimum absolute atomic E-state index is 0.271. The first-order valence-corrected chi connectivity index (χ1v) is 12.0. The Morgan fingerprint density at radius 3 is 2.79 bits per heavy atom. The molecular formula is C28H33N5O. The monoisotopic (exact) mass is 455 g/mol. The number of hydrogen-bond donors (Lipinski definition) is 1. The van der Waals surface area contributed by atoms with Gasteiger partial charge in [-0.3, -0.25) is 0 Å². The fraction of sp³-hybridized carbons (Fsp3) is 0.393. The summed E-state index contributed by atoms with van der Waals surface area (Å²) in [6, 6.07) is 8.57. The van der Waals surface area contributed by atoms with Crippen molar-refractivity contribution in [3.8, 4) is 16.9 Å². The fourth-order valence-corrected chi connectivity index (χ4v) is 5.03. The van der Waals surface area contributed by atoms with Gasteiger partial charge in [-0.25, -0.2) is 15.0 Å². The molecule has 176 valence electrons. The Balaban J connectivity index is 1.50. The number of rotatable bonds is 4. The molecule has 6 nitrogen and oxygen atoms in total. The summed E-state index contributed by atoms with van der Waals surface area (Å²) in [5.41, 5.74) is 8.13. The topological polar surface area (TPSA) is 63.2 Å². The molecule has 0 amide bonds. The van der Waals surface area contributed by atoms with Crippen LogP contribution < -0.4 is 15.0 Å². The van der Waals surface area contributed by atoms with Gasteiger partial charge < -0.3 is 15.0 Å². The molecule has 2 aliphatic rings. The van der Waals surface area contributed by atoms with E-state index in [2.05, 4.69) is 64.9 Å². The third-order valence-electron chi connectivity index (χ3n) is 6.96. The number of hydrogen-bond acceptors (Lipinski definition) is 6. The molecule has 6 heteroatoms. The molecule has 1 aliphatic heterocycles. The van der Waals surface area contributed by atoms with Crippen molar-refractivity contribution in [1.82, 2.24) is 15.0 Å². The van der Waals surface area contributed by atoms with Gasteiger partial charge in [0.15, 0.2) is 0 Å². The lowest BCUT2D eigenvalue weighted by atomic mass is 9.76. The molecule has 34 heavy (non-hydrogen) atoms. The molecule has 0 radical (unpaired) electrons. The van der Waals surface area contributed by atoms with E-state index < -0.39 is 0 Å². The van der Waals surface area contributed by atoms with Gasteiger partial charge in [0.2, 0.25) is 0 Å². The fourth-order valence-electron chi connectivity index (χ4n) is 5.03. The predicted molar refractivity (Wildman–Crippen MR) is 138 cm³/mol. The molecule has 2 aromatic heterocycles. The molecule has 0 bridgehead atoms. The van der Waals surface area contributed by atoms with Gasteiger partial charge in [-0.2, -0.15) is 0 Å². The lowest BCUT2D eigenvalue weighted by Gasteiger charge is -2.33. The van der Waals surface area contributed by atoms with Crippen molar-refractivity contribution in [3.05, 3.63) is 65.8 Å². The van der Waals surface area contributed by atoms with Crippen LogP contribution in [0.4, 0.5) is 11.6 Å². The summed E-state index contributed by atoms with van der Waals surface area (Å²) in [6.45, 7) is 13.0. The summed E-state index contributed by atoms with van der Waals surface area (Å²) in [6.07, 6.45) is 6.83. The second-order valence-electron chi connectivity index (χ2n) is 10.2. The molecule has 0 fully saturated rings. The predicted octanol–water partition coefficient (Wildman–Crippen LogP) is 5.53. The lowest BCUT2D eigenvalue weighted by molar-refractivity contribution is 0.310. The van der Waals surface area contributed by atoms with Crippen LogP contribution in [0, 0.1) is 5.41 Å². The third-order valence-corrected chi connectivity index (χ3v) is 6.96. The van der Waals surface area contributed by atoms with Crippen LogP contribution in [-0.4, -0.2) is 35.2 Å². The van der Waals surface area contributed by atoms with Crippen LogP contribution in [0.3, 0.4) is 0 Å². The van der Waals surface area contributed by atoms with Gasteiger partial charge in [-0.1, -0.05) is 26.5 Å². The van der Waals surface area contributed by atoms with E-state index in [4.69, 9.17) is 9.72 Å². The lowest BCUT2D eigenvalue weighted by Crippen LogP contribution is -2.31. The van der Waals surface area contributed by atoms with Crippen molar-refractivity contribution >= 4 is 17.2 Å². The van der Waals surface area contributed by atoms with Crippen molar-refractivity contribution in [2.24, 2.45) is 5.41 Å². The van der Waals surface area contributed by atoms with Gasteiger partial charge in [0, 0.05) is 47.7 Å². The number of ether oxygens (including phenoxy) is 1. The molecule has 1 N–H and O–H groups in total. The molecule has 0 spiro atoms. The molecule has 0 saturated carbocycles. The van der Waals surface area contributed by atoms with Crippen LogP contribution in [0.1, 0.15) is 49.6 Å². The van der Waals surface area contributed by atoms with Gasteiger partial charge in [0.25, 0.3) is 0 Å². The highest BCUT2D eigenvalue weighted by Gasteiger charge is 2.30. The number of anilines is 2. The van der Waals surface area contributed by atoms with Gasteiger partial charge in [-0.15, -0.1) is 0 Å². The second kappa shape index (κ2) is 8.75. The minimum atomic E-state index is 0.271. The Hall–Kier alpha value is -3.41. The number of pyridine rings is 1. The Morgan fingerprint density at radius 1 is 1.15 bits per heavy atom. The standard InChI is InChI=1S/C28H33N5O/c1-18(2)22-13-20(15-30-26(22)29-5)19-6-7-25-21(12-19)16-33(10-11-34-25)27-23-14-28(3,4)9-8-24(23)31-17-32-27/h6-7,12-13,15,17H,1,8-11,14,16H2,2-5H3,(H,29,30). The zero-order valence-corrected chi connectivity index (χ0v) is 20.6. The molecule has 1 aliphatic carbocycles. The van der Waals surface area contributed by atoms with Crippen molar-refractivity contribution in [2.75, 3.05) is 30.4 Å². The molecule has 0 saturated heterocycles. The maximum Gasteiger partial charge on any atom is 0.135 e. The molecule has 1 aromatic carbocycles. The summed E-state index contributed by atoms with van der Waals surface area (Å²) in [4.78, 5) is 16.3. The van der Waals surface area contributed by atoms with E-state index in [0.29, 0.717) is 6.61 Å². The van der Waals surface area contributed by atoms with Gasteiger partial charge in [0.05, 0.1) is 6.54 Å². The number of nitrogens with one attached hydrogen (secondary N) is 1. The van der Waals surface area contributed by atoms with Crippen molar-refractivity contribution in [2.45, 2.75) is 46.6 Å². The smallest absolute Gasteiger partial charge is 0.135 e. The molecule has 3 heterocycles. The third kappa shape index (κ3) is 4.25. The van der Waals surface area contributed by atoms with Crippen LogP contribution in [0.5, 0.6) is 5.75 Å². The van der Waals surface area contributed by atoms with E-state index in [-0.39, 0.29) is 5.41 Å². The summed E-state index contributed by atoms with van der Waals surface area (Å²) in [7, 11) is 1.88. The number of nitrogens with zero attached hydrogens (tertiary/aromatic N) is 4. The van der Waals surface area contributed by atoms with Crippen molar-refractivity contribution in [1.29, 1.82) is 0 Å². The quantitative estimate of drug-likeness (QED) is 0.558. The first-order chi connectivity index (χ1) is 16.3. The van der Waals surface area contributed by atoms with Crippen LogP contribution in [0.25, 0.3) is 16.7 Å². The highest BCUT2D eigenvalue weighted by molar-refractivity contribution is 5.77. The van der Waals surface area contributed by atoms with Crippen molar-refractivity contribution in [3.63, 3.8) is 0 Å². The number of aromatic nitrogens is 3.